The van der Waals surface area contributed by atoms with E-state index in [1.165, 1.54) is 16.7 Å². The number of aromatic nitrogens is 2. The maximum absolute atomic E-state index is 12.3. The fourth-order valence-electron chi connectivity index (χ4n) is 1.89. The second kappa shape index (κ2) is 5.17. The molecule has 1 aromatic rings. The van der Waals surface area contributed by atoms with E-state index < -0.39 is 10.0 Å². The average Bonchev–Trinajstić information content (AvgIpc) is 2.39. The second-order valence-corrected chi connectivity index (χ2v) is 6.05. The van der Waals surface area contributed by atoms with Crippen LogP contribution < -0.4 is 5.73 Å². The van der Waals surface area contributed by atoms with Crippen molar-refractivity contribution in [2.45, 2.75) is 11.8 Å². The Kier molecular flexibility index (Phi) is 3.79. The molecule has 0 aliphatic carbocycles. The largest absolute Gasteiger partial charge is 0.368 e. The van der Waals surface area contributed by atoms with Crippen molar-refractivity contribution in [3.63, 3.8) is 0 Å². The van der Waals surface area contributed by atoms with E-state index in [1.807, 2.05) is 0 Å². The summed E-state index contributed by atoms with van der Waals surface area (Å²) in [5.74, 6) is 0.0738. The minimum absolute atomic E-state index is 0.0738. The molecule has 0 unspecified atom stereocenters. The second-order valence-electron chi connectivity index (χ2n) is 4.12. The summed E-state index contributed by atoms with van der Waals surface area (Å²) in [6, 6.07) is 0. The Morgan fingerprint density at radius 2 is 1.78 bits per heavy atom. The molecule has 1 saturated heterocycles. The zero-order valence-corrected chi connectivity index (χ0v) is 11.1. The normalized spacial score (nSPS) is 18.9. The van der Waals surface area contributed by atoms with Crippen LogP contribution in [0.2, 0.25) is 0 Å². The van der Waals surface area contributed by atoms with Crippen LogP contribution in [0.15, 0.2) is 17.3 Å². The number of nitrogens with zero attached hydrogens (tertiary/aromatic N) is 4. The lowest BCUT2D eigenvalue weighted by atomic mass is 10.4. The van der Waals surface area contributed by atoms with Gasteiger partial charge in [-0.25, -0.2) is 18.4 Å². The van der Waals surface area contributed by atoms with E-state index in [9.17, 15) is 8.42 Å². The van der Waals surface area contributed by atoms with E-state index in [1.54, 1.807) is 0 Å². The van der Waals surface area contributed by atoms with Gasteiger partial charge in [-0.15, -0.1) is 0 Å². The van der Waals surface area contributed by atoms with Gasteiger partial charge in [-0.2, -0.15) is 4.31 Å². The number of hydrogen-bond donors (Lipinski definition) is 1. The van der Waals surface area contributed by atoms with E-state index in [-0.39, 0.29) is 10.8 Å². The average molecular weight is 271 g/mol. The summed E-state index contributed by atoms with van der Waals surface area (Å²) >= 11 is 0. The highest BCUT2D eigenvalue weighted by atomic mass is 32.2. The molecule has 1 aromatic heterocycles. The highest BCUT2D eigenvalue weighted by molar-refractivity contribution is 7.89. The van der Waals surface area contributed by atoms with E-state index in [0.29, 0.717) is 13.1 Å². The number of rotatable bonds is 3. The van der Waals surface area contributed by atoms with Gasteiger partial charge in [0.1, 0.15) is 4.90 Å². The minimum Gasteiger partial charge on any atom is -0.368 e. The van der Waals surface area contributed by atoms with Crippen LogP contribution >= 0.6 is 0 Å². The summed E-state index contributed by atoms with van der Waals surface area (Å²) in [5, 5.41) is 0. The Bertz CT molecular complexity index is 494. The Morgan fingerprint density at radius 3 is 2.28 bits per heavy atom. The van der Waals surface area contributed by atoms with Gasteiger partial charge in [0.25, 0.3) is 0 Å². The molecule has 2 heterocycles. The molecule has 1 fully saturated rings. The molecule has 18 heavy (non-hydrogen) atoms. The summed E-state index contributed by atoms with van der Waals surface area (Å²) in [4.78, 5) is 9.76. The van der Waals surface area contributed by atoms with E-state index in [4.69, 9.17) is 5.73 Å². The van der Waals surface area contributed by atoms with E-state index >= 15 is 0 Å². The van der Waals surface area contributed by atoms with Gasteiger partial charge < -0.3 is 10.6 Å². The fraction of sp³-hybridized carbons (Fsp3) is 0.600. The first-order valence-electron chi connectivity index (χ1n) is 5.84. The van der Waals surface area contributed by atoms with Crippen molar-refractivity contribution in [1.82, 2.24) is 19.2 Å². The molecule has 0 bridgehead atoms. The van der Waals surface area contributed by atoms with Crippen molar-refractivity contribution < 1.29 is 8.42 Å². The van der Waals surface area contributed by atoms with Gasteiger partial charge in [0.15, 0.2) is 0 Å². The molecule has 0 aromatic carbocycles. The van der Waals surface area contributed by atoms with Gasteiger partial charge in [-0.05, 0) is 6.54 Å². The Hall–Kier alpha value is -1.25. The predicted octanol–water partition coefficient (Wildman–Crippen LogP) is -0.615. The summed E-state index contributed by atoms with van der Waals surface area (Å²) in [7, 11) is -3.48. The van der Waals surface area contributed by atoms with Crippen LogP contribution in [0.4, 0.5) is 5.95 Å². The van der Waals surface area contributed by atoms with Gasteiger partial charge >= 0.3 is 0 Å². The number of nitrogen functional groups attached to an aromatic ring is 1. The van der Waals surface area contributed by atoms with Gasteiger partial charge in [-0.1, -0.05) is 6.92 Å². The lowest BCUT2D eigenvalue weighted by molar-refractivity contribution is 0.196. The van der Waals surface area contributed by atoms with Crippen LogP contribution in [0.25, 0.3) is 0 Å². The third kappa shape index (κ3) is 2.60. The molecule has 0 radical (unpaired) electrons. The van der Waals surface area contributed by atoms with Crippen molar-refractivity contribution >= 4 is 16.0 Å². The molecular formula is C10H17N5O2S. The van der Waals surface area contributed by atoms with Crippen LogP contribution in [-0.2, 0) is 10.0 Å². The SMILES string of the molecule is CCN1CCN(S(=O)(=O)c2cnc(N)nc2)CC1. The van der Waals surface area contributed by atoms with Crippen LogP contribution in [0, 0.1) is 0 Å². The van der Waals surface area contributed by atoms with Gasteiger partial charge in [0, 0.05) is 26.2 Å². The van der Waals surface area contributed by atoms with Crippen LogP contribution in [0.1, 0.15) is 6.92 Å². The van der Waals surface area contributed by atoms with Crippen molar-refractivity contribution in [2.24, 2.45) is 0 Å². The Balaban J connectivity index is 2.15. The highest BCUT2D eigenvalue weighted by Crippen LogP contribution is 2.16. The quantitative estimate of drug-likeness (QED) is 0.788. The number of hydrogen-bond acceptors (Lipinski definition) is 6. The molecule has 2 N–H and O–H groups in total. The van der Waals surface area contributed by atoms with E-state index in [2.05, 4.69) is 21.8 Å². The predicted molar refractivity (Wildman–Crippen MR) is 67.3 cm³/mol. The van der Waals surface area contributed by atoms with Crippen LogP contribution in [0.3, 0.4) is 0 Å². The lowest BCUT2D eigenvalue weighted by Crippen LogP contribution is -2.48. The molecule has 7 nitrogen and oxygen atoms in total. The molecule has 1 aliphatic rings. The van der Waals surface area contributed by atoms with Gasteiger partial charge in [0.2, 0.25) is 16.0 Å². The summed E-state index contributed by atoms with van der Waals surface area (Å²) in [6.45, 7) is 5.52. The third-order valence-electron chi connectivity index (χ3n) is 3.06. The van der Waals surface area contributed by atoms with Crippen LogP contribution in [0.5, 0.6) is 0 Å². The summed E-state index contributed by atoms with van der Waals surface area (Å²) < 4.78 is 26.0. The zero-order chi connectivity index (χ0) is 13.2. The van der Waals surface area contributed by atoms with Crippen molar-refractivity contribution in [2.75, 3.05) is 38.5 Å². The molecular weight excluding hydrogens is 254 g/mol. The first-order valence-corrected chi connectivity index (χ1v) is 7.28. The molecule has 1 aliphatic heterocycles. The zero-order valence-electron chi connectivity index (χ0n) is 10.3. The molecule has 0 saturated carbocycles. The smallest absolute Gasteiger partial charge is 0.246 e. The van der Waals surface area contributed by atoms with Crippen molar-refractivity contribution in [3.8, 4) is 0 Å². The monoisotopic (exact) mass is 271 g/mol. The Morgan fingerprint density at radius 1 is 1.22 bits per heavy atom. The Labute approximate surface area is 107 Å². The molecule has 0 atom stereocenters. The first kappa shape index (κ1) is 13.2. The molecule has 100 valence electrons. The molecule has 0 amide bonds. The maximum Gasteiger partial charge on any atom is 0.246 e. The number of piperazine rings is 1. The van der Waals surface area contributed by atoms with Crippen molar-refractivity contribution in [1.29, 1.82) is 0 Å². The number of anilines is 1. The summed E-state index contributed by atoms with van der Waals surface area (Å²) in [6.07, 6.45) is 2.51. The van der Waals surface area contributed by atoms with Gasteiger partial charge in [0.05, 0.1) is 12.4 Å². The van der Waals surface area contributed by atoms with E-state index in [0.717, 1.165) is 19.6 Å². The third-order valence-corrected chi connectivity index (χ3v) is 4.92. The lowest BCUT2D eigenvalue weighted by Gasteiger charge is -2.33. The number of likely N-dealkylation sites (N-methyl/N-ethyl adjacent to an activating group) is 1. The summed E-state index contributed by atoms with van der Waals surface area (Å²) in [5.41, 5.74) is 5.35. The first-order chi connectivity index (χ1) is 8.54. The van der Waals surface area contributed by atoms with Crippen LogP contribution in [-0.4, -0.2) is 60.3 Å². The number of nitrogens with two attached hydrogens (primary N) is 1. The fourth-order valence-corrected chi connectivity index (χ4v) is 3.21. The highest BCUT2D eigenvalue weighted by Gasteiger charge is 2.28. The molecule has 2 rings (SSSR count). The minimum atomic E-state index is -3.48. The number of sulfonamides is 1. The molecule has 8 heteroatoms. The van der Waals surface area contributed by atoms with Crippen molar-refractivity contribution in [3.05, 3.63) is 12.4 Å². The topological polar surface area (TPSA) is 92.4 Å². The maximum atomic E-state index is 12.3. The van der Waals surface area contributed by atoms with Gasteiger partial charge in [-0.3, -0.25) is 0 Å². The molecule has 0 spiro atoms. The standard InChI is InChI=1S/C10H17N5O2S/c1-2-14-3-5-15(6-4-14)18(16,17)9-7-12-10(11)13-8-9/h7-8H,2-6H2,1H3,(H2,11,12,13).